The summed E-state index contributed by atoms with van der Waals surface area (Å²) in [5.41, 5.74) is 8.60. The zero-order chi connectivity index (χ0) is 35.7. The third kappa shape index (κ3) is 6.85. The molecule has 51 heavy (non-hydrogen) atoms. The summed E-state index contributed by atoms with van der Waals surface area (Å²) in [4.78, 5) is 48.1. The fourth-order valence-corrected chi connectivity index (χ4v) is 9.15. The number of morpholine rings is 1. The first-order valence-corrected chi connectivity index (χ1v) is 19.0. The van der Waals surface area contributed by atoms with E-state index in [9.17, 15) is 22.8 Å². The van der Waals surface area contributed by atoms with Gasteiger partial charge in [-0.05, 0) is 86.0 Å². The van der Waals surface area contributed by atoms with Crippen LogP contribution in [0.5, 0.6) is 11.5 Å². The van der Waals surface area contributed by atoms with Crippen molar-refractivity contribution in [1.82, 2.24) is 19.1 Å². The molecule has 3 N–H and O–H groups in total. The number of imide groups is 1. The Morgan fingerprint density at radius 1 is 1.00 bits per heavy atom. The number of aromatic nitrogens is 1. The molecular weight excluding hydrogens is 671 g/mol. The summed E-state index contributed by atoms with van der Waals surface area (Å²) in [5.74, 6) is -0.0429. The molecule has 13 heteroatoms. The second-order valence-corrected chi connectivity index (χ2v) is 15.5. The molecule has 7 rings (SSSR count). The number of carbonyl (C=O) groups excluding carboxylic acids is 3. The molecule has 4 aromatic rings. The van der Waals surface area contributed by atoms with Crippen LogP contribution in [0, 0.1) is 18.8 Å². The van der Waals surface area contributed by atoms with Crippen molar-refractivity contribution in [2.45, 2.75) is 50.0 Å². The maximum atomic E-state index is 14.7. The average molecular weight is 714 g/mol. The van der Waals surface area contributed by atoms with E-state index in [0.29, 0.717) is 44.5 Å². The lowest BCUT2D eigenvalue weighted by molar-refractivity contribution is -0.128. The minimum Gasteiger partial charge on any atom is -0.457 e. The second-order valence-electron chi connectivity index (χ2n) is 13.7. The number of para-hydroxylation sites is 2. The summed E-state index contributed by atoms with van der Waals surface area (Å²) in [5, 5.41) is 0.852. The maximum absolute atomic E-state index is 14.7. The topological polar surface area (TPSA) is 155 Å². The third-order valence-electron chi connectivity index (χ3n) is 10.3. The number of H-pyrrole nitrogens is 1. The van der Waals surface area contributed by atoms with Gasteiger partial charge in [0.2, 0.25) is 0 Å². The van der Waals surface area contributed by atoms with E-state index in [0.717, 1.165) is 56.9 Å². The first-order valence-electron chi connectivity index (χ1n) is 17.5. The van der Waals surface area contributed by atoms with Gasteiger partial charge in [-0.3, -0.25) is 14.5 Å². The zero-order valence-corrected chi connectivity index (χ0v) is 29.4. The number of benzene rings is 3. The predicted molar refractivity (Wildman–Crippen MR) is 191 cm³/mol. The molecule has 3 fully saturated rings. The summed E-state index contributed by atoms with van der Waals surface area (Å²) in [6.07, 6.45) is 5.26. The fourth-order valence-electron chi connectivity index (χ4n) is 7.61. The molecule has 0 radical (unpaired) electrons. The number of sulfonamides is 1. The molecule has 1 aromatic heterocycles. The lowest BCUT2D eigenvalue weighted by atomic mass is 9.81. The molecule has 3 aliphatic rings. The number of fused-ring (bicyclic) bond motifs is 1. The van der Waals surface area contributed by atoms with Crippen LogP contribution in [-0.2, 0) is 26.0 Å². The van der Waals surface area contributed by atoms with E-state index < -0.39 is 33.9 Å². The van der Waals surface area contributed by atoms with Crippen LogP contribution >= 0.6 is 0 Å². The number of nitrogens with zero attached hydrogens (tertiary/aromatic N) is 3. The number of rotatable bonds is 10. The van der Waals surface area contributed by atoms with Gasteiger partial charge in [-0.2, -0.15) is 0 Å². The Bertz CT molecular complexity index is 2040. The second kappa shape index (κ2) is 14.5. The highest BCUT2D eigenvalue weighted by molar-refractivity contribution is 7.89. The zero-order valence-electron chi connectivity index (χ0n) is 28.6. The Balaban J connectivity index is 1.27. The minimum absolute atomic E-state index is 0.0192. The van der Waals surface area contributed by atoms with Gasteiger partial charge in [-0.15, -0.1) is 0 Å². The molecule has 3 unspecified atom stereocenters. The number of nitrogens with one attached hydrogen (secondary N) is 1. The van der Waals surface area contributed by atoms with Crippen molar-refractivity contribution in [3.8, 4) is 11.5 Å². The number of ether oxygens (including phenoxy) is 2. The first-order chi connectivity index (χ1) is 24.7. The van der Waals surface area contributed by atoms with E-state index in [1.807, 2.05) is 31.2 Å². The number of hydrogen-bond donors (Lipinski definition) is 2. The molecule has 268 valence electrons. The number of hydrogen-bond acceptors (Lipinski definition) is 8. The molecule has 1 aliphatic carbocycles. The van der Waals surface area contributed by atoms with Crippen molar-refractivity contribution in [3.63, 3.8) is 0 Å². The Morgan fingerprint density at radius 3 is 2.53 bits per heavy atom. The van der Waals surface area contributed by atoms with E-state index in [2.05, 4.69) is 4.98 Å². The number of aryl methyl sites for hydroxylation is 1. The number of amides is 4. The molecule has 3 heterocycles. The standard InChI is InChI=1S/C38H43N5O7S/c1-25-7-5-12-31-28(23-40-35(25)31)20-33-37(45)42(24-27-9-6-8-26(19-27)22-39)38(46)43(33)51(47,48)30-13-14-34(50-29-10-3-2-4-11-29)32(21-30)36(44)41-15-17-49-18-16-41/h2-5,7,10-14,21,23,26-27,33,40H,6,8-9,15-20,22,24,39H2,1H3. The summed E-state index contributed by atoms with van der Waals surface area (Å²) in [7, 11) is -4.66. The SMILES string of the molecule is Cc1cccc2c(CC3C(=O)N(CC4CCCC(CN)C4)C(=O)N3S(=O)(=O)c3ccc(Oc4ccccc4)c(C(=O)N4CCOCC4)c3)c[nH]c12. The van der Waals surface area contributed by atoms with Crippen molar-refractivity contribution in [2.75, 3.05) is 39.4 Å². The van der Waals surface area contributed by atoms with Crippen LogP contribution in [0.3, 0.4) is 0 Å². The Morgan fingerprint density at radius 2 is 1.76 bits per heavy atom. The molecule has 12 nitrogen and oxygen atoms in total. The summed E-state index contributed by atoms with van der Waals surface area (Å²) < 4.78 is 41.7. The summed E-state index contributed by atoms with van der Waals surface area (Å²) in [6, 6.07) is 16.5. The largest absolute Gasteiger partial charge is 0.457 e. The highest BCUT2D eigenvalue weighted by Crippen LogP contribution is 2.36. The van der Waals surface area contributed by atoms with Gasteiger partial charge in [0.05, 0.1) is 23.7 Å². The highest BCUT2D eigenvalue weighted by atomic mass is 32.2. The van der Waals surface area contributed by atoms with Crippen LogP contribution in [0.1, 0.15) is 47.2 Å². The van der Waals surface area contributed by atoms with Gasteiger partial charge in [0.1, 0.15) is 17.5 Å². The van der Waals surface area contributed by atoms with Gasteiger partial charge in [0, 0.05) is 43.2 Å². The Labute approximate surface area is 297 Å². The molecule has 0 spiro atoms. The van der Waals surface area contributed by atoms with Crippen LogP contribution in [0.15, 0.2) is 77.8 Å². The number of nitrogens with two attached hydrogens (primary N) is 1. The van der Waals surface area contributed by atoms with E-state index >= 15 is 0 Å². The van der Waals surface area contributed by atoms with Gasteiger partial charge in [0.15, 0.2) is 0 Å². The lowest BCUT2D eigenvalue weighted by Crippen LogP contribution is -2.42. The highest BCUT2D eigenvalue weighted by Gasteiger charge is 2.52. The Hall–Kier alpha value is -4.72. The van der Waals surface area contributed by atoms with E-state index in [4.69, 9.17) is 15.2 Å². The van der Waals surface area contributed by atoms with Crippen LogP contribution in [0.2, 0.25) is 0 Å². The van der Waals surface area contributed by atoms with Crippen molar-refractivity contribution in [2.24, 2.45) is 17.6 Å². The van der Waals surface area contributed by atoms with Crippen LogP contribution in [0.4, 0.5) is 4.79 Å². The van der Waals surface area contributed by atoms with Gasteiger partial charge in [0.25, 0.3) is 21.8 Å². The quantitative estimate of drug-likeness (QED) is 0.216. The normalized spacial score (nSPS) is 21.5. The molecule has 2 saturated heterocycles. The number of aromatic amines is 1. The van der Waals surface area contributed by atoms with Crippen molar-refractivity contribution >= 4 is 38.8 Å². The van der Waals surface area contributed by atoms with Gasteiger partial charge >= 0.3 is 6.03 Å². The number of carbonyl (C=O) groups is 3. The third-order valence-corrected chi connectivity index (χ3v) is 12.1. The molecule has 0 bridgehead atoms. The van der Waals surface area contributed by atoms with Crippen LogP contribution in [0.25, 0.3) is 10.9 Å². The van der Waals surface area contributed by atoms with Gasteiger partial charge in [-0.25, -0.2) is 17.5 Å². The maximum Gasteiger partial charge on any atom is 0.341 e. The van der Waals surface area contributed by atoms with E-state index in [1.165, 1.54) is 18.2 Å². The lowest BCUT2D eigenvalue weighted by Gasteiger charge is -2.30. The minimum atomic E-state index is -4.66. The van der Waals surface area contributed by atoms with Crippen molar-refractivity contribution in [1.29, 1.82) is 0 Å². The fraction of sp³-hybridized carbons (Fsp3) is 0.395. The number of urea groups is 1. The van der Waals surface area contributed by atoms with Crippen molar-refractivity contribution in [3.05, 3.63) is 89.6 Å². The first kappa shape index (κ1) is 34.7. The predicted octanol–water partition coefficient (Wildman–Crippen LogP) is 5.07. The Kier molecular flexibility index (Phi) is 9.86. The van der Waals surface area contributed by atoms with Crippen LogP contribution < -0.4 is 10.5 Å². The summed E-state index contributed by atoms with van der Waals surface area (Å²) >= 11 is 0. The molecule has 2 aliphatic heterocycles. The summed E-state index contributed by atoms with van der Waals surface area (Å²) in [6.45, 7) is 3.96. The monoisotopic (exact) mass is 713 g/mol. The molecule has 1 saturated carbocycles. The smallest absolute Gasteiger partial charge is 0.341 e. The van der Waals surface area contributed by atoms with E-state index in [1.54, 1.807) is 35.4 Å². The molecular formula is C38H43N5O7S. The van der Waals surface area contributed by atoms with Crippen molar-refractivity contribution < 1.29 is 32.3 Å². The van der Waals surface area contributed by atoms with Gasteiger partial charge in [-0.1, -0.05) is 42.8 Å². The average Bonchev–Trinajstić information content (AvgIpc) is 3.67. The molecule has 3 aromatic carbocycles. The van der Waals surface area contributed by atoms with Gasteiger partial charge < -0.3 is 25.1 Å². The molecule has 4 amide bonds. The van der Waals surface area contributed by atoms with Crippen LogP contribution in [-0.4, -0.2) is 90.8 Å². The van der Waals surface area contributed by atoms with E-state index in [-0.39, 0.29) is 35.1 Å². The molecule has 3 atom stereocenters.